The maximum atomic E-state index is 13.2. The number of benzene rings is 1. The monoisotopic (exact) mass is 424 g/mol. The van der Waals surface area contributed by atoms with Gasteiger partial charge >= 0.3 is 0 Å². The summed E-state index contributed by atoms with van der Waals surface area (Å²) in [6.07, 6.45) is 1.88. The number of halogens is 2. The molecular weight excluding hydrogens is 399 g/mol. The van der Waals surface area contributed by atoms with Crippen LogP contribution >= 0.6 is 15.9 Å². The van der Waals surface area contributed by atoms with Gasteiger partial charge in [-0.1, -0.05) is 29.3 Å². The summed E-state index contributed by atoms with van der Waals surface area (Å²) < 4.78 is 15.8. The lowest BCUT2D eigenvalue weighted by Crippen LogP contribution is -2.53. The van der Waals surface area contributed by atoms with E-state index in [-0.39, 0.29) is 24.3 Å². The third kappa shape index (κ3) is 3.85. The Labute approximate surface area is 161 Å². The molecule has 1 fully saturated rings. The molecule has 7 heteroatoms. The fourth-order valence-electron chi connectivity index (χ4n) is 3.76. The van der Waals surface area contributed by atoms with E-state index in [4.69, 9.17) is 4.98 Å². The van der Waals surface area contributed by atoms with Crippen LogP contribution in [0, 0.1) is 0 Å². The Morgan fingerprint density at radius 2 is 2.23 bits per heavy atom. The van der Waals surface area contributed by atoms with E-state index in [1.54, 1.807) is 4.57 Å². The average molecular weight is 425 g/mol. The van der Waals surface area contributed by atoms with Gasteiger partial charge in [0, 0.05) is 36.7 Å². The minimum atomic E-state index is -0.380. The molecule has 0 aliphatic carbocycles. The molecular formula is C19H26BrFN4O. The lowest BCUT2D eigenvalue weighted by Gasteiger charge is -2.38. The van der Waals surface area contributed by atoms with E-state index in [0.29, 0.717) is 18.5 Å². The molecule has 0 amide bonds. The van der Waals surface area contributed by atoms with Gasteiger partial charge in [-0.15, -0.1) is 0 Å². The molecule has 0 unspecified atom stereocenters. The molecule has 2 heterocycles. The maximum Gasteiger partial charge on any atom is 0.261 e. The first-order valence-corrected chi connectivity index (χ1v) is 10.1. The zero-order valence-electron chi connectivity index (χ0n) is 15.3. The fraction of sp³-hybridized carbons (Fsp3) is 0.579. The van der Waals surface area contributed by atoms with Gasteiger partial charge in [0.1, 0.15) is 12.5 Å². The Hall–Kier alpha value is -1.31. The van der Waals surface area contributed by atoms with Crippen molar-refractivity contribution in [3.8, 4) is 0 Å². The van der Waals surface area contributed by atoms with Crippen LogP contribution in [0.1, 0.15) is 38.6 Å². The number of fused-ring (bicyclic) bond motifs is 1. The van der Waals surface area contributed by atoms with Crippen LogP contribution < -0.4 is 10.9 Å². The third-order valence-electron chi connectivity index (χ3n) is 5.04. The van der Waals surface area contributed by atoms with E-state index < -0.39 is 0 Å². The van der Waals surface area contributed by atoms with Crippen LogP contribution in [0.4, 0.5) is 4.39 Å². The van der Waals surface area contributed by atoms with Crippen LogP contribution in [0.15, 0.2) is 27.5 Å². The van der Waals surface area contributed by atoms with E-state index in [1.807, 2.05) is 25.1 Å². The Kier molecular flexibility index (Phi) is 6.42. The van der Waals surface area contributed by atoms with Gasteiger partial charge in [0.15, 0.2) is 0 Å². The van der Waals surface area contributed by atoms with Gasteiger partial charge in [-0.3, -0.25) is 14.3 Å². The normalized spacial score (nSPS) is 19.8. The van der Waals surface area contributed by atoms with E-state index in [1.165, 1.54) is 0 Å². The number of rotatable bonds is 6. The molecule has 1 saturated heterocycles. The van der Waals surface area contributed by atoms with Crippen molar-refractivity contribution in [2.75, 3.05) is 26.3 Å². The average Bonchev–Trinajstić information content (AvgIpc) is 2.66. The van der Waals surface area contributed by atoms with Crippen LogP contribution in [-0.2, 0) is 6.54 Å². The van der Waals surface area contributed by atoms with Crippen molar-refractivity contribution in [3.63, 3.8) is 0 Å². The van der Waals surface area contributed by atoms with Gasteiger partial charge in [-0.05, 0) is 31.5 Å². The van der Waals surface area contributed by atoms with Crippen molar-refractivity contribution in [1.29, 1.82) is 0 Å². The van der Waals surface area contributed by atoms with Crippen molar-refractivity contribution < 1.29 is 4.39 Å². The summed E-state index contributed by atoms with van der Waals surface area (Å²) >= 11 is 3.44. The first kappa shape index (κ1) is 19.5. The quantitative estimate of drug-likeness (QED) is 0.772. The number of hydrogen-bond donors (Lipinski definition) is 1. The highest BCUT2D eigenvalue weighted by molar-refractivity contribution is 9.10. The molecule has 1 aromatic carbocycles. The van der Waals surface area contributed by atoms with Crippen molar-refractivity contribution in [3.05, 3.63) is 38.9 Å². The number of nitrogens with zero attached hydrogens (tertiary/aromatic N) is 3. The number of hydrogen-bond acceptors (Lipinski definition) is 4. The number of alkyl halides is 1. The Morgan fingerprint density at radius 1 is 1.42 bits per heavy atom. The number of aromatic nitrogens is 2. The maximum absolute atomic E-state index is 13.2. The molecule has 2 aromatic rings. The fourth-order valence-corrected chi connectivity index (χ4v) is 4.12. The second-order valence-electron chi connectivity index (χ2n) is 6.79. The highest BCUT2D eigenvalue weighted by atomic mass is 79.9. The van der Waals surface area contributed by atoms with Crippen LogP contribution in [0.5, 0.6) is 0 Å². The lowest BCUT2D eigenvalue weighted by molar-refractivity contribution is 0.117. The summed E-state index contributed by atoms with van der Waals surface area (Å²) in [7, 11) is 0. The molecule has 5 nitrogen and oxygen atoms in total. The smallest absolute Gasteiger partial charge is 0.261 e. The predicted molar refractivity (Wildman–Crippen MR) is 106 cm³/mol. The van der Waals surface area contributed by atoms with Gasteiger partial charge in [0.25, 0.3) is 5.56 Å². The summed E-state index contributed by atoms with van der Waals surface area (Å²) in [4.78, 5) is 20.2. The lowest BCUT2D eigenvalue weighted by atomic mass is 10.1. The molecule has 3 rings (SSSR count). The van der Waals surface area contributed by atoms with E-state index in [0.717, 1.165) is 41.7 Å². The molecule has 0 bridgehead atoms. The van der Waals surface area contributed by atoms with Gasteiger partial charge < -0.3 is 5.32 Å². The van der Waals surface area contributed by atoms with Gasteiger partial charge in [-0.2, -0.15) is 0 Å². The Balaban J connectivity index is 2.10. The summed E-state index contributed by atoms with van der Waals surface area (Å²) in [5.74, 6) is 0.800. The summed E-state index contributed by atoms with van der Waals surface area (Å²) in [6.45, 7) is 6.53. The zero-order valence-corrected chi connectivity index (χ0v) is 16.9. The molecule has 0 spiro atoms. The topological polar surface area (TPSA) is 50.2 Å². The summed E-state index contributed by atoms with van der Waals surface area (Å²) in [6, 6.07) is 5.50. The van der Waals surface area contributed by atoms with Crippen molar-refractivity contribution in [1.82, 2.24) is 19.8 Å². The standard InChI is InChI=1S/C19H26BrFN4O/c1-3-5-17(24-9-8-22-14(11-21)12-24)18-23-16-7-6-13(20)10-15(16)19(26)25(18)4-2/h6-7,10,14,17,22H,3-5,8-9,11-12H2,1-2H3/t14-,17+/m1/s1. The SMILES string of the molecule is CCC[C@@H](c1nc2ccc(Br)cc2c(=O)n1CC)N1CCN[C@H](CF)C1. The summed E-state index contributed by atoms with van der Waals surface area (Å²) in [5.41, 5.74) is 0.711. The second-order valence-corrected chi connectivity index (χ2v) is 7.70. The zero-order chi connectivity index (χ0) is 18.7. The Bertz CT molecular complexity index is 825. The van der Waals surface area contributed by atoms with Gasteiger partial charge in [0.2, 0.25) is 0 Å². The second kappa shape index (κ2) is 8.59. The van der Waals surface area contributed by atoms with E-state index in [2.05, 4.69) is 33.1 Å². The largest absolute Gasteiger partial charge is 0.309 e. The van der Waals surface area contributed by atoms with Crippen molar-refractivity contribution >= 4 is 26.8 Å². The molecule has 0 saturated carbocycles. The van der Waals surface area contributed by atoms with Crippen LogP contribution in [0.25, 0.3) is 10.9 Å². The highest BCUT2D eigenvalue weighted by Gasteiger charge is 2.29. The minimum absolute atomic E-state index is 0.00733. The first-order valence-electron chi connectivity index (χ1n) is 9.32. The van der Waals surface area contributed by atoms with Crippen LogP contribution in [-0.4, -0.2) is 46.8 Å². The molecule has 142 valence electrons. The Morgan fingerprint density at radius 3 is 2.92 bits per heavy atom. The molecule has 0 radical (unpaired) electrons. The predicted octanol–water partition coefficient (Wildman–Crippen LogP) is 3.26. The van der Waals surface area contributed by atoms with Crippen LogP contribution in [0.2, 0.25) is 0 Å². The molecule has 1 aliphatic heterocycles. The molecule has 2 atom stereocenters. The molecule has 1 aromatic heterocycles. The third-order valence-corrected chi connectivity index (χ3v) is 5.53. The van der Waals surface area contributed by atoms with E-state index >= 15 is 0 Å². The number of nitrogens with one attached hydrogen (secondary N) is 1. The van der Waals surface area contributed by atoms with Crippen LogP contribution in [0.3, 0.4) is 0 Å². The first-order chi connectivity index (χ1) is 12.6. The minimum Gasteiger partial charge on any atom is -0.309 e. The van der Waals surface area contributed by atoms with Gasteiger partial charge in [-0.25, -0.2) is 9.37 Å². The molecule has 1 N–H and O–H groups in total. The van der Waals surface area contributed by atoms with Crippen molar-refractivity contribution in [2.45, 2.75) is 45.3 Å². The molecule has 26 heavy (non-hydrogen) atoms. The van der Waals surface area contributed by atoms with Crippen molar-refractivity contribution in [2.24, 2.45) is 0 Å². The number of piperazine rings is 1. The molecule has 1 aliphatic rings. The highest BCUT2D eigenvalue weighted by Crippen LogP contribution is 2.27. The van der Waals surface area contributed by atoms with E-state index in [9.17, 15) is 9.18 Å². The summed E-state index contributed by atoms with van der Waals surface area (Å²) in [5, 5.41) is 3.84. The van der Waals surface area contributed by atoms with Gasteiger partial charge in [0.05, 0.1) is 16.9 Å².